The molecule has 0 amide bonds. The van der Waals surface area contributed by atoms with Crippen LogP contribution in [0, 0.1) is 27.7 Å². The largest absolute Gasteiger partial charge is 0.293 e. The first kappa shape index (κ1) is 31.9. The van der Waals surface area contributed by atoms with Gasteiger partial charge in [0.1, 0.15) is 11.4 Å². The third-order valence-electron chi connectivity index (χ3n) is 7.03. The first-order valence-corrected chi connectivity index (χ1v) is 13.7. The maximum Gasteiger partial charge on any atom is 0.178 e. The van der Waals surface area contributed by atoms with Crippen molar-refractivity contribution < 1.29 is 9.59 Å². The zero-order valence-electron chi connectivity index (χ0n) is 25.1. The molecule has 0 saturated carbocycles. The number of pyridine rings is 2. The highest BCUT2D eigenvalue weighted by molar-refractivity contribution is 6.01. The second-order valence-electron chi connectivity index (χ2n) is 10.7. The van der Waals surface area contributed by atoms with Crippen LogP contribution in [0.25, 0.3) is 0 Å². The Morgan fingerprint density at radius 2 is 0.881 bits per heavy atom. The van der Waals surface area contributed by atoms with Crippen molar-refractivity contribution in [2.24, 2.45) is 9.98 Å². The van der Waals surface area contributed by atoms with Gasteiger partial charge in [-0.3, -0.25) is 19.6 Å². The van der Waals surface area contributed by atoms with Crippen molar-refractivity contribution in [2.75, 3.05) is 0 Å². The van der Waals surface area contributed by atoms with Gasteiger partial charge in [-0.05, 0) is 106 Å². The van der Waals surface area contributed by atoms with Crippen LogP contribution < -0.4 is 0 Å². The molecular weight excluding hydrogens is 520 g/mol. The lowest BCUT2D eigenvalue weighted by atomic mass is 9.96. The van der Waals surface area contributed by atoms with Crippen molar-refractivity contribution in [1.82, 2.24) is 9.97 Å². The van der Waals surface area contributed by atoms with E-state index in [1.165, 1.54) is 25.0 Å². The third kappa shape index (κ3) is 7.38. The topological polar surface area (TPSA) is 84.6 Å². The quantitative estimate of drug-likeness (QED) is 0.159. The number of hydrogen-bond donors (Lipinski definition) is 0. The minimum Gasteiger partial charge on any atom is -0.293 e. The van der Waals surface area contributed by atoms with E-state index in [0.717, 1.165) is 51.5 Å². The highest BCUT2D eigenvalue weighted by Gasteiger charge is 2.12. The molecule has 216 valence electrons. The number of Topliss-reactive ketones (excluding diaryl/α,β-unsaturated/α-hetero) is 2. The number of aromatic nitrogens is 2. The number of aryl methyl sites for hydroxylation is 4. The Labute approximate surface area is 249 Å². The number of carbonyl (C=O) groups excluding carboxylic acids is 2. The second-order valence-corrected chi connectivity index (χ2v) is 10.7. The highest BCUT2D eigenvalue weighted by Crippen LogP contribution is 2.30. The molecule has 0 radical (unpaired) electrons. The van der Waals surface area contributed by atoms with E-state index in [0.29, 0.717) is 22.8 Å². The molecule has 0 saturated heterocycles. The summed E-state index contributed by atoms with van der Waals surface area (Å²) in [5, 5.41) is 0. The Hall–Kier alpha value is -4.58. The molecule has 0 aliphatic rings. The summed E-state index contributed by atoms with van der Waals surface area (Å²) in [6.07, 6.45) is 0.791. The third-order valence-corrected chi connectivity index (χ3v) is 7.03. The summed E-state index contributed by atoms with van der Waals surface area (Å²) in [4.78, 5) is 42.2. The first-order chi connectivity index (χ1) is 19.4. The summed E-state index contributed by atoms with van der Waals surface area (Å²) in [5.41, 5.74) is 12.5. The fourth-order valence-corrected chi connectivity index (χ4v) is 5.00. The van der Waals surface area contributed by atoms with Crippen LogP contribution >= 0.6 is 0 Å². The molecule has 4 rings (SSSR count). The molecule has 6 heteroatoms. The molecule has 0 bridgehead atoms. The molecule has 0 fully saturated rings. The van der Waals surface area contributed by atoms with E-state index in [1.807, 2.05) is 38.1 Å². The number of ketones is 2. The van der Waals surface area contributed by atoms with E-state index in [4.69, 9.17) is 9.98 Å². The van der Waals surface area contributed by atoms with Crippen LogP contribution in [0.4, 0.5) is 11.4 Å². The molecule has 0 N–H and O–H groups in total. The molecule has 42 heavy (non-hydrogen) atoms. The number of nitrogens with zero attached hydrogens (tertiary/aromatic N) is 4. The number of benzene rings is 2. The van der Waals surface area contributed by atoms with Gasteiger partial charge in [0.2, 0.25) is 0 Å². The average molecular weight is 561 g/mol. The molecule has 4 aromatic rings. The molecule has 0 atom stereocenters. The predicted octanol–water partition coefficient (Wildman–Crippen LogP) is 8.62. The molecule has 0 unspecified atom stereocenters. The van der Waals surface area contributed by atoms with E-state index in [1.54, 1.807) is 12.1 Å². The van der Waals surface area contributed by atoms with Gasteiger partial charge in [0.05, 0.1) is 34.2 Å². The molecule has 2 aromatic heterocycles. The van der Waals surface area contributed by atoms with Crippen molar-refractivity contribution in [2.45, 2.75) is 69.2 Å². The smallest absolute Gasteiger partial charge is 0.178 e. The second kappa shape index (κ2) is 13.4. The van der Waals surface area contributed by atoms with Gasteiger partial charge >= 0.3 is 0 Å². The Kier molecular flexibility index (Phi) is 10.2. The van der Waals surface area contributed by atoms with Crippen LogP contribution in [0.3, 0.4) is 0 Å². The van der Waals surface area contributed by atoms with Crippen LogP contribution in [0.1, 0.15) is 101 Å². The van der Waals surface area contributed by atoms with Crippen molar-refractivity contribution in [3.8, 4) is 0 Å². The van der Waals surface area contributed by atoms with Gasteiger partial charge in [-0.1, -0.05) is 43.8 Å². The van der Waals surface area contributed by atoms with Gasteiger partial charge in [-0.2, -0.15) is 0 Å². The van der Waals surface area contributed by atoms with Crippen molar-refractivity contribution >= 4 is 34.4 Å². The summed E-state index contributed by atoms with van der Waals surface area (Å²) in [6, 6.07) is 19.6. The molecular formula is C36H40N4O2. The fraction of sp³-hybridized carbons (Fsp3) is 0.278. The SMILES string of the molecule is C.CC(=O)c1cccc(C(C)=Nc2c(C)cc(Cc3cc(C)c(N=C(C)c4cccc(C(C)=O)n4)c(C)c3)cc2C)n1. The van der Waals surface area contributed by atoms with E-state index in [9.17, 15) is 9.59 Å². The minimum atomic E-state index is -0.0618. The molecule has 0 aliphatic heterocycles. The monoisotopic (exact) mass is 560 g/mol. The molecule has 2 aromatic carbocycles. The van der Waals surface area contributed by atoms with E-state index in [2.05, 4.69) is 61.9 Å². The van der Waals surface area contributed by atoms with E-state index >= 15 is 0 Å². The Morgan fingerprint density at radius 1 is 0.571 bits per heavy atom. The van der Waals surface area contributed by atoms with Gasteiger partial charge in [0.25, 0.3) is 0 Å². The van der Waals surface area contributed by atoms with Crippen molar-refractivity contribution in [3.63, 3.8) is 0 Å². The zero-order chi connectivity index (χ0) is 29.8. The number of carbonyl (C=O) groups is 2. The predicted molar refractivity (Wildman–Crippen MR) is 174 cm³/mol. The molecule has 6 nitrogen and oxygen atoms in total. The van der Waals surface area contributed by atoms with E-state index < -0.39 is 0 Å². The van der Waals surface area contributed by atoms with Gasteiger partial charge in [0, 0.05) is 13.8 Å². The van der Waals surface area contributed by atoms with Gasteiger partial charge in [-0.25, -0.2) is 9.97 Å². The average Bonchev–Trinajstić information content (AvgIpc) is 2.92. The maximum absolute atomic E-state index is 11.8. The zero-order valence-corrected chi connectivity index (χ0v) is 25.1. The Morgan fingerprint density at radius 3 is 1.19 bits per heavy atom. The highest BCUT2D eigenvalue weighted by atomic mass is 16.1. The van der Waals surface area contributed by atoms with E-state index in [-0.39, 0.29) is 19.0 Å². The molecule has 0 spiro atoms. The van der Waals surface area contributed by atoms with Crippen molar-refractivity contribution in [3.05, 3.63) is 117 Å². The lowest BCUT2D eigenvalue weighted by molar-refractivity contribution is 0.100. The van der Waals surface area contributed by atoms with Crippen LogP contribution in [0.5, 0.6) is 0 Å². The number of aliphatic imine (C=N–C) groups is 2. The summed E-state index contributed by atoms with van der Waals surface area (Å²) in [6.45, 7) is 15.2. The lowest BCUT2D eigenvalue weighted by Crippen LogP contribution is -2.04. The molecule has 2 heterocycles. The fourth-order valence-electron chi connectivity index (χ4n) is 5.00. The van der Waals surface area contributed by atoms with Crippen LogP contribution in [0.2, 0.25) is 0 Å². The van der Waals surface area contributed by atoms with Crippen molar-refractivity contribution in [1.29, 1.82) is 0 Å². The van der Waals surface area contributed by atoms with Gasteiger partial charge < -0.3 is 0 Å². The number of rotatable bonds is 8. The van der Waals surface area contributed by atoms with Crippen LogP contribution in [-0.2, 0) is 6.42 Å². The lowest BCUT2D eigenvalue weighted by Gasteiger charge is -2.13. The first-order valence-electron chi connectivity index (χ1n) is 13.7. The Bertz CT molecular complexity index is 1560. The van der Waals surface area contributed by atoms with Crippen LogP contribution in [0.15, 0.2) is 70.6 Å². The summed E-state index contributed by atoms with van der Waals surface area (Å²) in [7, 11) is 0. The van der Waals surface area contributed by atoms with Gasteiger partial charge in [0.15, 0.2) is 11.6 Å². The summed E-state index contributed by atoms with van der Waals surface area (Å²) < 4.78 is 0. The minimum absolute atomic E-state index is 0. The summed E-state index contributed by atoms with van der Waals surface area (Å²) >= 11 is 0. The van der Waals surface area contributed by atoms with Crippen LogP contribution in [-0.4, -0.2) is 33.0 Å². The standard InChI is InChI=1S/C35H36N4O2.CH4/c1-20-15-28(16-21(2)34(20)36-24(5)30-11-9-13-32(38-30)26(7)40)19-29-17-22(3)35(23(4)18-29)37-25(6)31-12-10-14-33(39-31)27(8)41;/h9-18H,19H2,1-8H3;1H4. The van der Waals surface area contributed by atoms with Gasteiger partial charge in [-0.15, -0.1) is 0 Å². The Balaban J connectivity index is 0.00000484. The summed E-state index contributed by atoms with van der Waals surface area (Å²) in [5.74, 6) is -0.124. The number of hydrogen-bond acceptors (Lipinski definition) is 6. The normalized spacial score (nSPS) is 11.7. The maximum atomic E-state index is 11.8. The molecule has 0 aliphatic carbocycles.